The lowest BCUT2D eigenvalue weighted by molar-refractivity contribution is -0.114. The third-order valence-corrected chi connectivity index (χ3v) is 10.0. The monoisotopic (exact) mass is 640 g/mol. The average molecular weight is 641 g/mol. The Balaban J connectivity index is 1.02. The Morgan fingerprint density at radius 3 is 2.55 bits per heavy atom. The van der Waals surface area contributed by atoms with E-state index in [1.165, 1.54) is 51.2 Å². The van der Waals surface area contributed by atoms with Gasteiger partial charge < -0.3 is 19.9 Å². The largest absolute Gasteiger partial charge is 0.495 e. The van der Waals surface area contributed by atoms with Crippen LogP contribution in [0.1, 0.15) is 11.4 Å². The summed E-state index contributed by atoms with van der Waals surface area (Å²) in [5, 5.41) is 17.6. The quantitative estimate of drug-likeness (QED) is 0.152. The number of methoxy groups -OCH3 is 1. The number of rotatable bonds is 11. The van der Waals surface area contributed by atoms with E-state index in [2.05, 4.69) is 56.1 Å². The number of hydrogen-bond donors (Lipinski definition) is 2. The minimum atomic E-state index is -0.146. The Labute approximate surface area is 266 Å². The molecule has 0 aliphatic heterocycles. The molecule has 4 aromatic carbocycles. The van der Waals surface area contributed by atoms with Gasteiger partial charge in [0.2, 0.25) is 11.8 Å². The summed E-state index contributed by atoms with van der Waals surface area (Å²) in [4.78, 5) is 29.9. The first-order valence-electron chi connectivity index (χ1n) is 13.7. The van der Waals surface area contributed by atoms with Crippen LogP contribution in [0.4, 0.5) is 11.4 Å². The summed E-state index contributed by atoms with van der Waals surface area (Å²) in [6, 6.07) is 27.5. The summed E-state index contributed by atoms with van der Waals surface area (Å²) in [5.41, 5.74) is 3.31. The third-order valence-electron chi connectivity index (χ3n) is 6.85. The number of carbonyl (C=O) groups excluding carboxylic acids is 2. The Kier molecular flexibility index (Phi) is 9.10. The lowest BCUT2D eigenvalue weighted by atomic mass is 10.0. The van der Waals surface area contributed by atoms with E-state index in [0.29, 0.717) is 28.7 Å². The van der Waals surface area contributed by atoms with Crippen LogP contribution in [0.5, 0.6) is 5.75 Å². The van der Waals surface area contributed by atoms with E-state index in [1.807, 2.05) is 54.1 Å². The Bertz CT molecular complexity index is 1970. The van der Waals surface area contributed by atoms with Crippen molar-refractivity contribution in [2.75, 3.05) is 29.2 Å². The highest BCUT2D eigenvalue weighted by atomic mass is 32.2. The van der Waals surface area contributed by atoms with Gasteiger partial charge in [-0.05, 0) is 46.7 Å². The molecule has 2 aromatic heterocycles. The zero-order chi connectivity index (χ0) is 30.5. The molecule has 222 valence electrons. The zero-order valence-corrected chi connectivity index (χ0v) is 26.4. The number of thioether (sulfide) groups is 2. The molecule has 0 spiro atoms. The van der Waals surface area contributed by atoms with E-state index in [1.54, 1.807) is 19.2 Å². The van der Waals surface area contributed by atoms with Gasteiger partial charge in [-0.15, -0.1) is 21.5 Å². The summed E-state index contributed by atoms with van der Waals surface area (Å²) in [6.45, 7) is 0. The van der Waals surface area contributed by atoms with Gasteiger partial charge in [0, 0.05) is 19.2 Å². The molecule has 0 bridgehead atoms. The predicted molar refractivity (Wildman–Crippen MR) is 179 cm³/mol. The van der Waals surface area contributed by atoms with Crippen molar-refractivity contribution in [2.24, 2.45) is 7.05 Å². The molecule has 2 amide bonds. The zero-order valence-electron chi connectivity index (χ0n) is 23.9. The van der Waals surface area contributed by atoms with Crippen LogP contribution in [-0.4, -0.2) is 50.2 Å². The van der Waals surface area contributed by atoms with Gasteiger partial charge in [0.05, 0.1) is 34.5 Å². The van der Waals surface area contributed by atoms with Gasteiger partial charge in [-0.1, -0.05) is 78.1 Å². The molecule has 0 unspecified atom stereocenters. The highest BCUT2D eigenvalue weighted by Gasteiger charge is 2.15. The van der Waals surface area contributed by atoms with Crippen LogP contribution in [0.25, 0.3) is 21.0 Å². The number of amides is 2. The lowest BCUT2D eigenvalue weighted by Gasteiger charge is -2.09. The first kappa shape index (κ1) is 29.7. The lowest BCUT2D eigenvalue weighted by Crippen LogP contribution is -2.14. The van der Waals surface area contributed by atoms with E-state index in [-0.39, 0.29) is 23.3 Å². The van der Waals surface area contributed by atoms with Gasteiger partial charge in [0.1, 0.15) is 11.6 Å². The molecule has 2 N–H and O–H groups in total. The van der Waals surface area contributed by atoms with Crippen molar-refractivity contribution in [2.45, 2.75) is 15.9 Å². The van der Waals surface area contributed by atoms with Crippen LogP contribution in [0.15, 0.2) is 94.4 Å². The number of ether oxygens (including phenoxy) is 1. The van der Waals surface area contributed by atoms with Gasteiger partial charge >= 0.3 is 0 Å². The van der Waals surface area contributed by atoms with Crippen molar-refractivity contribution in [1.29, 1.82) is 0 Å². The minimum absolute atomic E-state index is 0.139. The molecular formula is C32H28N6O3S3. The highest BCUT2D eigenvalue weighted by molar-refractivity contribution is 8.01. The maximum atomic E-state index is 12.8. The van der Waals surface area contributed by atoms with Gasteiger partial charge in [-0.25, -0.2) is 4.98 Å². The van der Waals surface area contributed by atoms with Crippen LogP contribution < -0.4 is 15.4 Å². The second-order valence-corrected chi connectivity index (χ2v) is 13.0. The summed E-state index contributed by atoms with van der Waals surface area (Å²) in [5.74, 6) is 1.57. The fourth-order valence-electron chi connectivity index (χ4n) is 4.67. The number of thiazole rings is 1. The fraction of sp³-hybridized carbons (Fsp3) is 0.156. The molecule has 0 saturated heterocycles. The SMILES string of the molecule is COc1ccccc1NC(=O)CSc1nc2ccc(NC(=O)CSc3nnc(Cc4cccc5ccccc45)n3C)cc2s1. The van der Waals surface area contributed by atoms with Crippen molar-refractivity contribution in [1.82, 2.24) is 19.7 Å². The van der Waals surface area contributed by atoms with Crippen LogP contribution in [0.2, 0.25) is 0 Å². The number of fused-ring (bicyclic) bond motifs is 2. The van der Waals surface area contributed by atoms with Crippen LogP contribution in [0, 0.1) is 0 Å². The van der Waals surface area contributed by atoms with Crippen LogP contribution in [0.3, 0.4) is 0 Å². The van der Waals surface area contributed by atoms with Gasteiger partial charge in [0.25, 0.3) is 0 Å². The number of aromatic nitrogens is 4. The maximum absolute atomic E-state index is 12.8. The Morgan fingerprint density at radius 2 is 1.66 bits per heavy atom. The van der Waals surface area contributed by atoms with Gasteiger partial charge in [-0.2, -0.15) is 0 Å². The standard InChI is InChI=1S/C32H28N6O3S3/c1-38-28(16-21-10-7-9-20-8-3-4-11-23(20)21)36-37-31(38)42-18-29(39)33-22-14-15-25-27(17-22)44-32(35-25)43-19-30(40)34-24-12-5-6-13-26(24)41-2/h3-15,17H,16,18-19H2,1-2H3,(H,33,39)(H,34,40). The summed E-state index contributed by atoms with van der Waals surface area (Å²) < 4.78 is 8.94. The number of nitrogens with zero attached hydrogens (tertiary/aromatic N) is 4. The molecule has 0 saturated carbocycles. The van der Waals surface area contributed by atoms with E-state index in [0.717, 1.165) is 20.4 Å². The number of hydrogen-bond acceptors (Lipinski definition) is 9. The highest BCUT2D eigenvalue weighted by Crippen LogP contribution is 2.32. The van der Waals surface area contributed by atoms with E-state index in [4.69, 9.17) is 4.74 Å². The predicted octanol–water partition coefficient (Wildman–Crippen LogP) is 6.64. The molecule has 0 aliphatic rings. The van der Waals surface area contributed by atoms with E-state index < -0.39 is 0 Å². The minimum Gasteiger partial charge on any atom is -0.495 e. The van der Waals surface area contributed by atoms with Crippen molar-refractivity contribution in [3.63, 3.8) is 0 Å². The van der Waals surface area contributed by atoms with Crippen molar-refractivity contribution < 1.29 is 14.3 Å². The first-order chi connectivity index (χ1) is 21.5. The Morgan fingerprint density at radius 1 is 0.886 bits per heavy atom. The summed E-state index contributed by atoms with van der Waals surface area (Å²) in [7, 11) is 3.49. The van der Waals surface area contributed by atoms with E-state index in [9.17, 15) is 9.59 Å². The van der Waals surface area contributed by atoms with Gasteiger partial charge in [-0.3, -0.25) is 9.59 Å². The van der Waals surface area contributed by atoms with Crippen molar-refractivity contribution >= 4 is 79.0 Å². The Hall–Kier alpha value is -4.39. The van der Waals surface area contributed by atoms with Crippen molar-refractivity contribution in [3.05, 3.63) is 96.3 Å². The second kappa shape index (κ2) is 13.5. The van der Waals surface area contributed by atoms with E-state index >= 15 is 0 Å². The molecule has 2 heterocycles. The molecule has 9 nitrogen and oxygen atoms in total. The first-order valence-corrected chi connectivity index (χ1v) is 16.5. The normalized spacial score (nSPS) is 11.1. The van der Waals surface area contributed by atoms with Gasteiger partial charge in [0.15, 0.2) is 9.50 Å². The summed E-state index contributed by atoms with van der Waals surface area (Å²) in [6.07, 6.45) is 0.652. The molecule has 0 radical (unpaired) electrons. The van der Waals surface area contributed by atoms with Crippen LogP contribution in [-0.2, 0) is 23.1 Å². The number of nitrogens with one attached hydrogen (secondary N) is 2. The molecule has 6 rings (SSSR count). The molecular weight excluding hydrogens is 613 g/mol. The molecule has 0 fully saturated rings. The topological polar surface area (TPSA) is 111 Å². The number of benzene rings is 4. The smallest absolute Gasteiger partial charge is 0.234 e. The van der Waals surface area contributed by atoms with Crippen LogP contribution >= 0.6 is 34.9 Å². The molecule has 12 heteroatoms. The summed E-state index contributed by atoms with van der Waals surface area (Å²) >= 11 is 4.19. The maximum Gasteiger partial charge on any atom is 0.234 e. The van der Waals surface area contributed by atoms with Crippen molar-refractivity contribution in [3.8, 4) is 5.75 Å². The molecule has 6 aromatic rings. The molecule has 0 aliphatic carbocycles. The molecule has 0 atom stereocenters. The third kappa shape index (κ3) is 6.88. The number of anilines is 2. The molecule has 44 heavy (non-hydrogen) atoms. The second-order valence-electron chi connectivity index (χ2n) is 9.81. The number of carbonyl (C=O) groups is 2. The average Bonchev–Trinajstić information content (AvgIpc) is 3.61. The number of para-hydroxylation sites is 2. The fourth-order valence-corrected chi connectivity index (χ4v) is 7.31.